The van der Waals surface area contributed by atoms with Crippen LogP contribution in [-0.2, 0) is 9.84 Å². The molecule has 1 saturated heterocycles. The number of benzene rings is 1. The van der Waals surface area contributed by atoms with E-state index in [1.54, 1.807) is 7.11 Å². The van der Waals surface area contributed by atoms with Crippen molar-refractivity contribution in [3.63, 3.8) is 0 Å². The number of methoxy groups -OCH3 is 1. The summed E-state index contributed by atoms with van der Waals surface area (Å²) in [4.78, 5) is 14.4. The van der Waals surface area contributed by atoms with E-state index in [-0.39, 0.29) is 17.5 Å². The van der Waals surface area contributed by atoms with Crippen LogP contribution in [0.2, 0.25) is 0 Å². The SMILES string of the molecule is CCN(c1ncnc2c1[nH]c1cccc(OC)c12)C1CCS(=O)(=O)C1. The Morgan fingerprint density at radius 3 is 2.88 bits per heavy atom. The minimum atomic E-state index is -2.96. The van der Waals surface area contributed by atoms with E-state index in [4.69, 9.17) is 4.74 Å². The molecule has 1 aromatic carbocycles. The monoisotopic (exact) mass is 360 g/mol. The number of H-pyrrole nitrogens is 1. The molecule has 132 valence electrons. The summed E-state index contributed by atoms with van der Waals surface area (Å²) in [5, 5.41) is 0.916. The molecule has 1 aliphatic rings. The highest BCUT2D eigenvalue weighted by Crippen LogP contribution is 2.35. The molecule has 3 heterocycles. The van der Waals surface area contributed by atoms with Gasteiger partial charge in [0, 0.05) is 12.6 Å². The molecule has 1 N–H and O–H groups in total. The third-order valence-electron chi connectivity index (χ3n) is 4.83. The first-order valence-electron chi connectivity index (χ1n) is 8.30. The number of fused-ring (bicyclic) bond motifs is 3. The van der Waals surface area contributed by atoms with E-state index in [0.29, 0.717) is 13.0 Å². The first-order valence-corrected chi connectivity index (χ1v) is 10.1. The molecular formula is C17H20N4O3S. The highest BCUT2D eigenvalue weighted by atomic mass is 32.2. The molecule has 0 amide bonds. The average molecular weight is 360 g/mol. The van der Waals surface area contributed by atoms with Crippen LogP contribution in [0.1, 0.15) is 13.3 Å². The molecule has 1 fully saturated rings. The van der Waals surface area contributed by atoms with E-state index >= 15 is 0 Å². The van der Waals surface area contributed by atoms with Crippen LogP contribution in [0, 0.1) is 0 Å². The van der Waals surface area contributed by atoms with Crippen LogP contribution in [0.4, 0.5) is 5.82 Å². The number of rotatable bonds is 4. The Kier molecular flexibility index (Phi) is 3.79. The van der Waals surface area contributed by atoms with Gasteiger partial charge in [-0.25, -0.2) is 18.4 Å². The van der Waals surface area contributed by atoms with Crippen molar-refractivity contribution in [2.45, 2.75) is 19.4 Å². The molecular weight excluding hydrogens is 340 g/mol. The van der Waals surface area contributed by atoms with Crippen LogP contribution in [0.3, 0.4) is 0 Å². The predicted octanol–water partition coefficient (Wildman–Crippen LogP) is 2.13. The number of ether oxygens (including phenoxy) is 1. The Balaban J connectivity index is 1.90. The fourth-order valence-electron chi connectivity index (χ4n) is 3.69. The molecule has 0 saturated carbocycles. The van der Waals surface area contributed by atoms with E-state index in [9.17, 15) is 8.42 Å². The summed E-state index contributed by atoms with van der Waals surface area (Å²) in [6.07, 6.45) is 2.16. The molecule has 0 bridgehead atoms. The van der Waals surface area contributed by atoms with Crippen LogP contribution >= 0.6 is 0 Å². The standard InChI is InChI=1S/C17H20N4O3S/c1-3-21(11-7-8-25(22,23)9-11)17-16-15(18-10-19-17)14-12(20-16)5-4-6-13(14)24-2/h4-6,10-11,20H,3,7-9H2,1-2H3. The lowest BCUT2D eigenvalue weighted by Crippen LogP contribution is -2.36. The molecule has 3 aromatic rings. The van der Waals surface area contributed by atoms with Crippen molar-refractivity contribution in [1.29, 1.82) is 0 Å². The number of hydrogen-bond donors (Lipinski definition) is 1. The number of aromatic amines is 1. The van der Waals surface area contributed by atoms with Crippen molar-refractivity contribution in [1.82, 2.24) is 15.0 Å². The number of hydrogen-bond acceptors (Lipinski definition) is 6. The molecule has 8 heteroatoms. The van der Waals surface area contributed by atoms with Gasteiger partial charge in [0.2, 0.25) is 0 Å². The first kappa shape index (κ1) is 16.1. The van der Waals surface area contributed by atoms with Crippen molar-refractivity contribution in [2.24, 2.45) is 0 Å². The quantitative estimate of drug-likeness (QED) is 0.767. The number of nitrogens with zero attached hydrogens (tertiary/aromatic N) is 3. The van der Waals surface area contributed by atoms with Crippen molar-refractivity contribution in [3.8, 4) is 5.75 Å². The molecule has 0 aliphatic carbocycles. The largest absolute Gasteiger partial charge is 0.496 e. The lowest BCUT2D eigenvalue weighted by atomic mass is 10.2. The van der Waals surface area contributed by atoms with Gasteiger partial charge in [0.25, 0.3) is 0 Å². The van der Waals surface area contributed by atoms with Crippen LogP contribution < -0.4 is 9.64 Å². The molecule has 0 spiro atoms. The van der Waals surface area contributed by atoms with Crippen molar-refractivity contribution < 1.29 is 13.2 Å². The van der Waals surface area contributed by atoms with E-state index < -0.39 is 9.84 Å². The van der Waals surface area contributed by atoms with Gasteiger partial charge in [-0.1, -0.05) is 6.07 Å². The Morgan fingerprint density at radius 1 is 1.36 bits per heavy atom. The maximum atomic E-state index is 11.9. The molecule has 1 aliphatic heterocycles. The summed E-state index contributed by atoms with van der Waals surface area (Å²) in [5.41, 5.74) is 2.52. The van der Waals surface area contributed by atoms with Gasteiger partial charge in [-0.3, -0.25) is 0 Å². The molecule has 1 atom stereocenters. The van der Waals surface area contributed by atoms with E-state index in [2.05, 4.69) is 19.9 Å². The zero-order chi connectivity index (χ0) is 17.6. The fraction of sp³-hybridized carbons (Fsp3) is 0.412. The van der Waals surface area contributed by atoms with Crippen LogP contribution in [0.25, 0.3) is 21.9 Å². The number of sulfone groups is 1. The highest BCUT2D eigenvalue weighted by molar-refractivity contribution is 7.91. The number of anilines is 1. The number of nitrogens with one attached hydrogen (secondary N) is 1. The molecule has 0 radical (unpaired) electrons. The molecule has 25 heavy (non-hydrogen) atoms. The maximum absolute atomic E-state index is 11.9. The fourth-order valence-corrected chi connectivity index (χ4v) is 5.42. The van der Waals surface area contributed by atoms with Gasteiger partial charge in [-0.05, 0) is 25.5 Å². The third-order valence-corrected chi connectivity index (χ3v) is 6.58. The lowest BCUT2D eigenvalue weighted by molar-refractivity contribution is 0.420. The van der Waals surface area contributed by atoms with E-state index in [0.717, 1.165) is 33.5 Å². The zero-order valence-electron chi connectivity index (χ0n) is 14.2. The van der Waals surface area contributed by atoms with Crippen LogP contribution in [-0.4, -0.2) is 54.6 Å². The Labute approximate surface area is 145 Å². The van der Waals surface area contributed by atoms with Gasteiger partial charge in [-0.15, -0.1) is 0 Å². The summed E-state index contributed by atoms with van der Waals surface area (Å²) >= 11 is 0. The van der Waals surface area contributed by atoms with E-state index in [1.165, 1.54) is 6.33 Å². The van der Waals surface area contributed by atoms with Gasteiger partial charge < -0.3 is 14.6 Å². The molecule has 4 rings (SSSR count). The van der Waals surface area contributed by atoms with Crippen LogP contribution in [0.5, 0.6) is 5.75 Å². The van der Waals surface area contributed by atoms with Gasteiger partial charge in [-0.2, -0.15) is 0 Å². The average Bonchev–Trinajstić information content (AvgIpc) is 3.16. The predicted molar refractivity (Wildman–Crippen MR) is 98.0 cm³/mol. The summed E-state index contributed by atoms with van der Waals surface area (Å²) in [6, 6.07) is 5.74. The van der Waals surface area contributed by atoms with Gasteiger partial charge >= 0.3 is 0 Å². The van der Waals surface area contributed by atoms with Gasteiger partial charge in [0.15, 0.2) is 15.7 Å². The van der Waals surface area contributed by atoms with Gasteiger partial charge in [0.1, 0.15) is 23.1 Å². The molecule has 2 aromatic heterocycles. The zero-order valence-corrected chi connectivity index (χ0v) is 15.0. The summed E-state index contributed by atoms with van der Waals surface area (Å²) < 4.78 is 29.3. The minimum absolute atomic E-state index is 0.0543. The Morgan fingerprint density at radius 2 is 2.20 bits per heavy atom. The van der Waals surface area contributed by atoms with Crippen molar-refractivity contribution >= 4 is 37.6 Å². The number of aromatic nitrogens is 3. The Hall–Kier alpha value is -2.35. The van der Waals surface area contributed by atoms with Crippen molar-refractivity contribution in [3.05, 3.63) is 24.5 Å². The second-order valence-electron chi connectivity index (χ2n) is 6.27. The maximum Gasteiger partial charge on any atom is 0.156 e. The first-order chi connectivity index (χ1) is 12.0. The topological polar surface area (TPSA) is 88.2 Å². The Bertz CT molecular complexity index is 1040. The second kappa shape index (κ2) is 5.87. The van der Waals surface area contributed by atoms with Crippen LogP contribution in [0.15, 0.2) is 24.5 Å². The lowest BCUT2D eigenvalue weighted by Gasteiger charge is -2.28. The minimum Gasteiger partial charge on any atom is -0.496 e. The second-order valence-corrected chi connectivity index (χ2v) is 8.50. The van der Waals surface area contributed by atoms with Crippen molar-refractivity contribution in [2.75, 3.05) is 30.1 Å². The van der Waals surface area contributed by atoms with E-state index in [1.807, 2.05) is 25.1 Å². The smallest absolute Gasteiger partial charge is 0.156 e. The van der Waals surface area contributed by atoms with Gasteiger partial charge in [0.05, 0.1) is 29.5 Å². The third kappa shape index (κ3) is 2.60. The molecule has 1 unspecified atom stereocenters. The summed E-state index contributed by atoms with van der Waals surface area (Å²) in [6.45, 7) is 2.70. The normalized spacial score (nSPS) is 19.5. The summed E-state index contributed by atoms with van der Waals surface area (Å²) in [7, 11) is -1.33. The molecule has 7 nitrogen and oxygen atoms in total. The highest BCUT2D eigenvalue weighted by Gasteiger charge is 2.33. The summed E-state index contributed by atoms with van der Waals surface area (Å²) in [5.74, 6) is 1.91.